The van der Waals surface area contributed by atoms with Crippen molar-refractivity contribution in [2.75, 3.05) is 19.6 Å². The number of likely N-dealkylation sites (tertiary alicyclic amines) is 1. The Kier molecular flexibility index (Phi) is 6.06. The van der Waals surface area contributed by atoms with Crippen LogP contribution >= 0.6 is 11.3 Å². The van der Waals surface area contributed by atoms with Crippen LogP contribution in [0, 0.1) is 5.92 Å². The van der Waals surface area contributed by atoms with Crippen molar-refractivity contribution < 1.29 is 8.42 Å². The molecular weight excluding hydrogens is 390 g/mol. The fraction of sp³-hybridized carbons (Fsp3) is 0.381. The molecule has 0 saturated carbocycles. The van der Waals surface area contributed by atoms with Crippen molar-refractivity contribution in [3.63, 3.8) is 0 Å². The van der Waals surface area contributed by atoms with Crippen LogP contribution < -0.4 is 4.72 Å². The van der Waals surface area contributed by atoms with Crippen LogP contribution in [0.3, 0.4) is 0 Å². The Bertz CT molecular complexity index is 985. The summed E-state index contributed by atoms with van der Waals surface area (Å²) in [5, 5.41) is 1.13. The number of benzene rings is 2. The maximum absolute atomic E-state index is 12.4. The number of hydrogen-bond donors (Lipinski definition) is 1. The zero-order valence-electron chi connectivity index (χ0n) is 15.8. The highest BCUT2D eigenvalue weighted by molar-refractivity contribution is 7.88. The van der Waals surface area contributed by atoms with E-state index in [0.29, 0.717) is 12.5 Å². The summed E-state index contributed by atoms with van der Waals surface area (Å²) < 4.78 is 28.8. The summed E-state index contributed by atoms with van der Waals surface area (Å²) in [4.78, 5) is 7.13. The maximum atomic E-state index is 12.4. The molecule has 1 atom stereocenters. The summed E-state index contributed by atoms with van der Waals surface area (Å²) in [6.07, 6.45) is 2.15. The van der Waals surface area contributed by atoms with E-state index < -0.39 is 10.0 Å². The van der Waals surface area contributed by atoms with Crippen LogP contribution in [-0.4, -0.2) is 37.9 Å². The number of rotatable bonds is 7. The molecular formula is C21H25N3O2S2. The summed E-state index contributed by atoms with van der Waals surface area (Å²) in [6.45, 7) is 3.30. The molecule has 3 aromatic rings. The van der Waals surface area contributed by atoms with Crippen LogP contribution in [0.1, 0.15) is 23.4 Å². The number of sulfonamides is 1. The second-order valence-corrected chi connectivity index (χ2v) is 10.3. The van der Waals surface area contributed by atoms with Crippen LogP contribution in [0.2, 0.25) is 0 Å². The number of aromatic nitrogens is 1. The lowest BCUT2D eigenvalue weighted by atomic mass is 9.98. The van der Waals surface area contributed by atoms with Gasteiger partial charge in [0.2, 0.25) is 10.0 Å². The zero-order valence-corrected chi connectivity index (χ0v) is 17.4. The Morgan fingerprint density at radius 3 is 2.71 bits per heavy atom. The van der Waals surface area contributed by atoms with Gasteiger partial charge >= 0.3 is 0 Å². The van der Waals surface area contributed by atoms with E-state index in [4.69, 9.17) is 4.98 Å². The van der Waals surface area contributed by atoms with E-state index in [1.54, 1.807) is 11.3 Å². The van der Waals surface area contributed by atoms with Gasteiger partial charge in [-0.1, -0.05) is 42.5 Å². The van der Waals surface area contributed by atoms with Crippen LogP contribution in [0.5, 0.6) is 0 Å². The second-order valence-electron chi connectivity index (χ2n) is 7.41. The quantitative estimate of drug-likeness (QED) is 0.640. The Morgan fingerprint density at radius 2 is 1.89 bits per heavy atom. The largest absolute Gasteiger partial charge is 0.296 e. The van der Waals surface area contributed by atoms with E-state index in [1.165, 1.54) is 4.70 Å². The molecule has 2 heterocycles. The Labute approximate surface area is 170 Å². The highest BCUT2D eigenvalue weighted by atomic mass is 32.2. The van der Waals surface area contributed by atoms with Gasteiger partial charge in [-0.15, -0.1) is 11.3 Å². The summed E-state index contributed by atoms with van der Waals surface area (Å²) in [5.74, 6) is 0.379. The van der Waals surface area contributed by atoms with E-state index >= 15 is 0 Å². The summed E-state index contributed by atoms with van der Waals surface area (Å²) in [5.41, 5.74) is 1.88. The van der Waals surface area contributed by atoms with Crippen molar-refractivity contribution in [1.82, 2.24) is 14.6 Å². The van der Waals surface area contributed by atoms with E-state index in [2.05, 4.69) is 21.8 Å². The molecule has 0 spiro atoms. The van der Waals surface area contributed by atoms with E-state index in [-0.39, 0.29) is 5.75 Å². The van der Waals surface area contributed by atoms with Crippen LogP contribution in [0.25, 0.3) is 10.2 Å². The highest BCUT2D eigenvalue weighted by Crippen LogP contribution is 2.25. The lowest BCUT2D eigenvalue weighted by Crippen LogP contribution is -2.40. The molecule has 1 aliphatic rings. The number of piperidine rings is 1. The average Bonchev–Trinajstić information content (AvgIpc) is 3.09. The van der Waals surface area contributed by atoms with Gasteiger partial charge in [0, 0.05) is 13.1 Å². The minimum Gasteiger partial charge on any atom is -0.296 e. The van der Waals surface area contributed by atoms with Crippen molar-refractivity contribution in [2.24, 2.45) is 5.92 Å². The summed E-state index contributed by atoms with van der Waals surface area (Å²) >= 11 is 1.75. The first kappa shape index (κ1) is 19.5. The molecule has 4 rings (SSSR count). The van der Waals surface area contributed by atoms with Gasteiger partial charge in [-0.25, -0.2) is 18.1 Å². The number of hydrogen-bond acceptors (Lipinski definition) is 5. The highest BCUT2D eigenvalue weighted by Gasteiger charge is 2.22. The molecule has 5 nitrogen and oxygen atoms in total. The number of fused-ring (bicyclic) bond motifs is 1. The number of nitrogens with zero attached hydrogens (tertiary/aromatic N) is 2. The van der Waals surface area contributed by atoms with Gasteiger partial charge in [0.25, 0.3) is 0 Å². The van der Waals surface area contributed by atoms with Crippen molar-refractivity contribution >= 4 is 31.6 Å². The number of para-hydroxylation sites is 1. The molecule has 28 heavy (non-hydrogen) atoms. The molecule has 148 valence electrons. The van der Waals surface area contributed by atoms with Gasteiger partial charge in [0.1, 0.15) is 5.01 Å². The fourth-order valence-corrected chi connectivity index (χ4v) is 5.96. The molecule has 7 heteroatoms. The predicted molar refractivity (Wildman–Crippen MR) is 115 cm³/mol. The van der Waals surface area contributed by atoms with Gasteiger partial charge in [0.05, 0.1) is 22.5 Å². The number of thiazole rings is 1. The predicted octanol–water partition coefficient (Wildman–Crippen LogP) is 3.63. The van der Waals surface area contributed by atoms with Gasteiger partial charge < -0.3 is 0 Å². The molecule has 1 fully saturated rings. The van der Waals surface area contributed by atoms with Gasteiger partial charge in [-0.2, -0.15) is 0 Å². The zero-order chi connectivity index (χ0) is 19.4. The molecule has 1 N–H and O–H groups in total. The third-order valence-electron chi connectivity index (χ3n) is 5.09. The van der Waals surface area contributed by atoms with Crippen LogP contribution in [0.4, 0.5) is 0 Å². The average molecular weight is 416 g/mol. The van der Waals surface area contributed by atoms with Gasteiger partial charge in [0.15, 0.2) is 0 Å². The summed E-state index contributed by atoms with van der Waals surface area (Å²) in [6, 6.07) is 17.5. The van der Waals surface area contributed by atoms with Crippen molar-refractivity contribution in [3.05, 3.63) is 65.2 Å². The SMILES string of the molecule is O=S(=O)(Cc1ccccc1)NCC1CCCN(Cc2nc3ccccc3s2)C1. The van der Waals surface area contributed by atoms with Gasteiger partial charge in [-0.05, 0) is 43.0 Å². The van der Waals surface area contributed by atoms with Crippen molar-refractivity contribution in [1.29, 1.82) is 0 Å². The first-order valence-electron chi connectivity index (χ1n) is 9.65. The molecule has 0 amide bonds. The monoisotopic (exact) mass is 415 g/mol. The van der Waals surface area contributed by atoms with E-state index in [1.807, 2.05) is 42.5 Å². The van der Waals surface area contributed by atoms with Gasteiger partial charge in [-0.3, -0.25) is 4.90 Å². The maximum Gasteiger partial charge on any atom is 0.215 e. The molecule has 2 aromatic carbocycles. The van der Waals surface area contributed by atoms with Crippen molar-refractivity contribution in [2.45, 2.75) is 25.1 Å². The van der Waals surface area contributed by atoms with E-state index in [9.17, 15) is 8.42 Å². The molecule has 1 unspecified atom stereocenters. The van der Waals surface area contributed by atoms with E-state index in [0.717, 1.165) is 48.6 Å². The number of nitrogens with one attached hydrogen (secondary N) is 1. The standard InChI is InChI=1S/C21H25N3O2S2/c25-28(26,16-17-7-2-1-3-8-17)22-13-18-9-6-12-24(14-18)15-21-23-19-10-4-5-11-20(19)27-21/h1-5,7-8,10-11,18,22H,6,9,12-16H2. The molecule has 1 aliphatic heterocycles. The minimum atomic E-state index is -3.31. The third-order valence-corrected chi connectivity index (χ3v) is 7.43. The Hall–Kier alpha value is -1.80. The first-order chi connectivity index (χ1) is 13.6. The smallest absolute Gasteiger partial charge is 0.215 e. The summed E-state index contributed by atoms with van der Waals surface area (Å²) in [7, 11) is -3.31. The molecule has 0 radical (unpaired) electrons. The molecule has 0 aliphatic carbocycles. The first-order valence-corrected chi connectivity index (χ1v) is 12.1. The molecule has 1 aromatic heterocycles. The second kappa shape index (κ2) is 8.69. The normalized spacial score (nSPS) is 18.5. The molecule has 0 bridgehead atoms. The minimum absolute atomic E-state index is 0.0377. The fourth-order valence-electron chi connectivity index (χ4n) is 3.73. The molecule has 1 saturated heterocycles. The van der Waals surface area contributed by atoms with Crippen molar-refractivity contribution in [3.8, 4) is 0 Å². The Balaban J connectivity index is 1.31. The third kappa shape index (κ3) is 5.17. The Morgan fingerprint density at radius 1 is 1.11 bits per heavy atom. The van der Waals surface area contributed by atoms with Crippen LogP contribution in [0.15, 0.2) is 54.6 Å². The lowest BCUT2D eigenvalue weighted by molar-refractivity contribution is 0.169. The lowest BCUT2D eigenvalue weighted by Gasteiger charge is -2.32. The van der Waals surface area contributed by atoms with Crippen LogP contribution in [-0.2, 0) is 22.3 Å². The topological polar surface area (TPSA) is 62.3 Å².